The Morgan fingerprint density at radius 1 is 1.29 bits per heavy atom. The molecule has 2 rings (SSSR count). The second-order valence-corrected chi connectivity index (χ2v) is 6.63. The van der Waals surface area contributed by atoms with Crippen LogP contribution in [0.3, 0.4) is 0 Å². The Morgan fingerprint density at radius 2 is 1.90 bits per heavy atom. The van der Waals surface area contributed by atoms with E-state index in [0.29, 0.717) is 18.4 Å². The maximum Gasteiger partial charge on any atom is 0.123 e. The van der Waals surface area contributed by atoms with Gasteiger partial charge in [0.05, 0.1) is 6.07 Å². The fourth-order valence-electron chi connectivity index (χ4n) is 3.38. The van der Waals surface area contributed by atoms with Gasteiger partial charge in [0.25, 0.3) is 0 Å². The van der Waals surface area contributed by atoms with E-state index < -0.39 is 0 Å². The molecule has 0 aromatic heterocycles. The smallest absolute Gasteiger partial charge is 0.123 e. The van der Waals surface area contributed by atoms with E-state index in [1.807, 2.05) is 12.1 Å². The van der Waals surface area contributed by atoms with Crippen molar-refractivity contribution in [3.05, 3.63) is 35.6 Å². The van der Waals surface area contributed by atoms with Crippen LogP contribution < -0.4 is 5.32 Å². The quantitative estimate of drug-likeness (QED) is 0.871. The van der Waals surface area contributed by atoms with Crippen LogP contribution in [0.4, 0.5) is 4.39 Å². The Hall–Kier alpha value is -1.40. The Kier molecular flexibility index (Phi) is 5.36. The van der Waals surface area contributed by atoms with Crippen LogP contribution in [0.2, 0.25) is 0 Å². The van der Waals surface area contributed by atoms with Crippen molar-refractivity contribution in [1.29, 1.82) is 5.26 Å². The first-order chi connectivity index (χ1) is 10.1. The standard InChI is InChI=1S/C18H25FN2/c1-14(2)18(11-12-20)9-7-17(8-10-18)21-13-15-3-5-16(19)6-4-15/h3-6,14,17,21H,7-11,13H2,1-2H3/t17-,18-. The van der Waals surface area contributed by atoms with E-state index in [4.69, 9.17) is 5.26 Å². The SMILES string of the molecule is CC(C)[C@]1(CC#N)CC[C@@H](NCc2ccc(F)cc2)CC1. The van der Waals surface area contributed by atoms with Gasteiger partial charge in [-0.3, -0.25) is 0 Å². The monoisotopic (exact) mass is 288 g/mol. The fourth-order valence-corrected chi connectivity index (χ4v) is 3.38. The first-order valence-corrected chi connectivity index (χ1v) is 7.90. The Morgan fingerprint density at radius 3 is 2.43 bits per heavy atom. The second-order valence-electron chi connectivity index (χ2n) is 6.63. The van der Waals surface area contributed by atoms with Crippen molar-refractivity contribution in [1.82, 2.24) is 5.32 Å². The molecule has 114 valence electrons. The van der Waals surface area contributed by atoms with Crippen molar-refractivity contribution in [2.24, 2.45) is 11.3 Å². The van der Waals surface area contributed by atoms with Gasteiger partial charge in [-0.25, -0.2) is 4.39 Å². The molecule has 21 heavy (non-hydrogen) atoms. The molecule has 1 aliphatic rings. The maximum atomic E-state index is 12.9. The van der Waals surface area contributed by atoms with Gasteiger partial charge in [0, 0.05) is 19.0 Å². The van der Waals surface area contributed by atoms with Crippen molar-refractivity contribution < 1.29 is 4.39 Å². The summed E-state index contributed by atoms with van der Waals surface area (Å²) >= 11 is 0. The number of hydrogen-bond donors (Lipinski definition) is 1. The first kappa shape index (κ1) is 16.0. The first-order valence-electron chi connectivity index (χ1n) is 7.90. The van der Waals surface area contributed by atoms with Gasteiger partial charge in [-0.05, 0) is 54.7 Å². The zero-order valence-corrected chi connectivity index (χ0v) is 13.0. The minimum Gasteiger partial charge on any atom is -0.310 e. The van der Waals surface area contributed by atoms with Crippen molar-refractivity contribution in [2.75, 3.05) is 0 Å². The van der Waals surface area contributed by atoms with Gasteiger partial charge in [-0.2, -0.15) is 5.26 Å². The molecule has 0 bridgehead atoms. The average Bonchev–Trinajstić information content (AvgIpc) is 2.48. The third-order valence-corrected chi connectivity index (χ3v) is 5.15. The van der Waals surface area contributed by atoms with Crippen LogP contribution in [0.5, 0.6) is 0 Å². The third-order valence-electron chi connectivity index (χ3n) is 5.15. The maximum absolute atomic E-state index is 12.9. The molecule has 1 N–H and O–H groups in total. The van der Waals surface area contributed by atoms with E-state index in [-0.39, 0.29) is 11.2 Å². The van der Waals surface area contributed by atoms with E-state index in [9.17, 15) is 4.39 Å². The van der Waals surface area contributed by atoms with Crippen LogP contribution in [-0.2, 0) is 6.54 Å². The minimum atomic E-state index is -0.186. The molecule has 1 saturated carbocycles. The average molecular weight is 288 g/mol. The van der Waals surface area contributed by atoms with Gasteiger partial charge >= 0.3 is 0 Å². The summed E-state index contributed by atoms with van der Waals surface area (Å²) in [6.45, 7) is 5.27. The summed E-state index contributed by atoms with van der Waals surface area (Å²) in [5.74, 6) is 0.379. The number of nitrogens with zero attached hydrogens (tertiary/aromatic N) is 1. The molecule has 3 heteroatoms. The predicted octanol–water partition coefficient (Wildman–Crippen LogP) is 4.41. The van der Waals surface area contributed by atoms with Crippen molar-refractivity contribution >= 4 is 0 Å². The zero-order chi connectivity index (χ0) is 15.3. The van der Waals surface area contributed by atoms with Gasteiger partial charge in [-0.1, -0.05) is 26.0 Å². The van der Waals surface area contributed by atoms with Gasteiger partial charge in [0.2, 0.25) is 0 Å². The molecule has 2 nitrogen and oxygen atoms in total. The Bertz CT molecular complexity index is 479. The molecule has 0 unspecified atom stereocenters. The van der Waals surface area contributed by atoms with Gasteiger partial charge in [-0.15, -0.1) is 0 Å². The zero-order valence-electron chi connectivity index (χ0n) is 13.0. The van der Waals surface area contributed by atoms with Crippen LogP contribution in [0, 0.1) is 28.5 Å². The number of nitrogens with one attached hydrogen (secondary N) is 1. The lowest BCUT2D eigenvalue weighted by Gasteiger charge is -2.42. The summed E-state index contributed by atoms with van der Waals surface area (Å²) in [7, 11) is 0. The van der Waals surface area contributed by atoms with E-state index in [2.05, 4.69) is 25.2 Å². The van der Waals surface area contributed by atoms with E-state index >= 15 is 0 Å². The number of nitriles is 1. The van der Waals surface area contributed by atoms with Gasteiger partial charge < -0.3 is 5.32 Å². The van der Waals surface area contributed by atoms with Crippen LogP contribution in [0.15, 0.2) is 24.3 Å². The lowest BCUT2D eigenvalue weighted by atomic mass is 9.64. The van der Waals surface area contributed by atoms with Gasteiger partial charge in [0.1, 0.15) is 5.82 Å². The summed E-state index contributed by atoms with van der Waals surface area (Å²) in [6, 6.07) is 9.58. The Labute approximate surface area is 127 Å². The Balaban J connectivity index is 1.84. The molecule has 0 spiro atoms. The van der Waals surface area contributed by atoms with Crippen LogP contribution in [0.1, 0.15) is 51.5 Å². The highest BCUT2D eigenvalue weighted by Gasteiger charge is 2.37. The van der Waals surface area contributed by atoms with Crippen molar-refractivity contribution in [2.45, 2.75) is 58.5 Å². The number of rotatable bonds is 5. The van der Waals surface area contributed by atoms with Crippen molar-refractivity contribution in [3.8, 4) is 6.07 Å². The number of hydrogen-bond acceptors (Lipinski definition) is 2. The van der Waals surface area contributed by atoms with Gasteiger partial charge in [0.15, 0.2) is 0 Å². The summed E-state index contributed by atoms with van der Waals surface area (Å²) in [6.07, 6.45) is 5.18. The molecule has 0 atom stereocenters. The second kappa shape index (κ2) is 7.04. The highest BCUT2D eigenvalue weighted by Crippen LogP contribution is 2.45. The molecule has 1 fully saturated rings. The molecular formula is C18H25FN2. The van der Waals surface area contributed by atoms with Crippen LogP contribution in [0.25, 0.3) is 0 Å². The topological polar surface area (TPSA) is 35.8 Å². The highest BCUT2D eigenvalue weighted by atomic mass is 19.1. The molecule has 0 saturated heterocycles. The third kappa shape index (κ3) is 4.04. The fraction of sp³-hybridized carbons (Fsp3) is 0.611. The van der Waals surface area contributed by atoms with Crippen LogP contribution >= 0.6 is 0 Å². The lowest BCUT2D eigenvalue weighted by molar-refractivity contribution is 0.105. The van der Waals surface area contributed by atoms with Crippen molar-refractivity contribution in [3.63, 3.8) is 0 Å². The molecule has 1 aromatic carbocycles. The number of benzene rings is 1. The van der Waals surface area contributed by atoms with E-state index in [0.717, 1.165) is 37.8 Å². The van der Waals surface area contributed by atoms with Crippen LogP contribution in [-0.4, -0.2) is 6.04 Å². The summed E-state index contributed by atoms with van der Waals surface area (Å²) in [5.41, 5.74) is 1.33. The molecule has 0 radical (unpaired) electrons. The molecule has 0 amide bonds. The van der Waals surface area contributed by atoms with E-state index in [1.165, 1.54) is 12.1 Å². The summed E-state index contributed by atoms with van der Waals surface area (Å²) in [5, 5.41) is 12.6. The molecule has 1 aromatic rings. The molecular weight excluding hydrogens is 263 g/mol. The highest BCUT2D eigenvalue weighted by molar-refractivity contribution is 5.15. The number of halogens is 1. The lowest BCUT2D eigenvalue weighted by Crippen LogP contribution is -2.39. The van der Waals surface area contributed by atoms with E-state index in [1.54, 1.807) is 0 Å². The summed E-state index contributed by atoms with van der Waals surface area (Å²) in [4.78, 5) is 0. The molecule has 0 heterocycles. The predicted molar refractivity (Wildman–Crippen MR) is 83.0 cm³/mol. The molecule has 0 aliphatic heterocycles. The largest absolute Gasteiger partial charge is 0.310 e. The minimum absolute atomic E-state index is 0.186. The summed E-state index contributed by atoms with van der Waals surface area (Å²) < 4.78 is 12.9. The molecule has 1 aliphatic carbocycles. The normalized spacial score (nSPS) is 25.8.